The van der Waals surface area contributed by atoms with E-state index in [1.54, 1.807) is 55.5 Å². The van der Waals surface area contributed by atoms with Crippen molar-refractivity contribution in [1.29, 1.82) is 0 Å². The van der Waals surface area contributed by atoms with Crippen molar-refractivity contribution in [2.75, 3.05) is 10.0 Å². The molecule has 2 aromatic heterocycles. The standard InChI is InChI=1S/C24H23N5O2S2.BrH/c1-4-14-29-22(19-8-6-5-7-9-19)16-32-24(29)27-20-10-12-21(13-11-20)33(30,31)28-23-25-17(2)15-18(3)26-23;/h4-13,15-16H,1,14H2,2-3H3,(H,25,26,28);1H. The molecule has 0 saturated heterocycles. The molecule has 7 nitrogen and oxygen atoms in total. The summed E-state index contributed by atoms with van der Waals surface area (Å²) in [6.07, 6.45) is 1.85. The molecule has 4 aromatic rings. The number of nitrogens with one attached hydrogen (secondary N) is 2. The summed E-state index contributed by atoms with van der Waals surface area (Å²) in [4.78, 5) is 8.43. The van der Waals surface area contributed by atoms with Gasteiger partial charge in [-0.3, -0.25) is 0 Å². The van der Waals surface area contributed by atoms with E-state index in [-0.39, 0.29) is 27.8 Å². The van der Waals surface area contributed by atoms with Crippen LogP contribution in [0.1, 0.15) is 11.4 Å². The van der Waals surface area contributed by atoms with Gasteiger partial charge in [0.2, 0.25) is 5.95 Å². The number of hydrogen-bond acceptors (Lipinski definition) is 6. The van der Waals surface area contributed by atoms with Crippen LogP contribution in [-0.2, 0) is 16.6 Å². The summed E-state index contributed by atoms with van der Waals surface area (Å²) in [5, 5.41) is 6.40. The Bertz CT molecular complexity index is 1370. The van der Waals surface area contributed by atoms with Gasteiger partial charge in [-0.1, -0.05) is 54.3 Å². The van der Waals surface area contributed by atoms with E-state index in [0.29, 0.717) is 17.9 Å². The highest BCUT2D eigenvalue weighted by Gasteiger charge is 2.20. The summed E-state index contributed by atoms with van der Waals surface area (Å²) >= 11 is 1.58. The van der Waals surface area contributed by atoms with E-state index in [9.17, 15) is 8.42 Å². The van der Waals surface area contributed by atoms with Crippen LogP contribution >= 0.6 is 11.3 Å². The lowest BCUT2D eigenvalue weighted by Gasteiger charge is -2.08. The summed E-state index contributed by atoms with van der Waals surface area (Å²) in [7, 11) is -3.80. The molecule has 0 spiro atoms. The molecule has 4 rings (SSSR count). The minimum absolute atomic E-state index is 0. The Balaban J connectivity index is 0.00000324. The highest BCUT2D eigenvalue weighted by Crippen LogP contribution is 2.26. The van der Waals surface area contributed by atoms with Gasteiger partial charge in [-0.25, -0.2) is 33.0 Å². The molecule has 0 aliphatic rings. The number of anilines is 3. The largest absolute Gasteiger partial charge is 1.00 e. The van der Waals surface area contributed by atoms with Crippen LogP contribution in [0.5, 0.6) is 0 Å². The van der Waals surface area contributed by atoms with Gasteiger partial charge >= 0.3 is 5.13 Å². The number of benzene rings is 2. The number of sulfonamides is 1. The fourth-order valence-corrected chi connectivity index (χ4v) is 5.29. The first-order valence-electron chi connectivity index (χ1n) is 10.3. The Kier molecular flexibility index (Phi) is 8.19. The first kappa shape index (κ1) is 25.5. The fraction of sp³-hybridized carbons (Fsp3) is 0.125. The molecule has 0 fully saturated rings. The lowest BCUT2D eigenvalue weighted by molar-refractivity contribution is -0.657. The van der Waals surface area contributed by atoms with Crippen LogP contribution in [0.2, 0.25) is 0 Å². The second-order valence-corrected chi connectivity index (χ2v) is 9.96. The summed E-state index contributed by atoms with van der Waals surface area (Å²) in [6.45, 7) is 8.10. The van der Waals surface area contributed by atoms with Crippen molar-refractivity contribution in [3.63, 3.8) is 0 Å². The minimum Gasteiger partial charge on any atom is -1.00 e. The monoisotopic (exact) mass is 557 g/mol. The summed E-state index contributed by atoms with van der Waals surface area (Å²) < 4.78 is 30.1. The molecule has 176 valence electrons. The average Bonchev–Trinajstić information content (AvgIpc) is 3.16. The molecular weight excluding hydrogens is 534 g/mol. The zero-order valence-electron chi connectivity index (χ0n) is 18.7. The second kappa shape index (κ2) is 10.9. The number of rotatable bonds is 8. The molecule has 0 unspecified atom stereocenters. The first-order chi connectivity index (χ1) is 15.9. The number of aromatic nitrogens is 3. The topological polar surface area (TPSA) is 87.9 Å². The second-order valence-electron chi connectivity index (χ2n) is 7.42. The van der Waals surface area contributed by atoms with Gasteiger partial charge in [0.05, 0.1) is 4.90 Å². The molecule has 2 heterocycles. The molecule has 0 bridgehead atoms. The lowest BCUT2D eigenvalue weighted by atomic mass is 10.2. The van der Waals surface area contributed by atoms with Gasteiger partial charge in [0, 0.05) is 22.3 Å². The van der Waals surface area contributed by atoms with Crippen LogP contribution in [0, 0.1) is 13.8 Å². The van der Waals surface area contributed by atoms with Gasteiger partial charge in [0.1, 0.15) is 17.9 Å². The summed E-state index contributed by atoms with van der Waals surface area (Å²) in [5.74, 6) is 0.0622. The molecule has 2 N–H and O–H groups in total. The van der Waals surface area contributed by atoms with Crippen LogP contribution in [0.15, 0.2) is 83.6 Å². The van der Waals surface area contributed by atoms with Crippen molar-refractivity contribution in [2.24, 2.45) is 0 Å². The molecule has 34 heavy (non-hydrogen) atoms. The third kappa shape index (κ3) is 5.88. The number of halogens is 1. The maximum absolute atomic E-state index is 12.8. The van der Waals surface area contributed by atoms with Gasteiger partial charge in [0.25, 0.3) is 10.0 Å². The zero-order valence-corrected chi connectivity index (χ0v) is 21.9. The smallest absolute Gasteiger partial charge is 0.339 e. The Labute approximate surface area is 214 Å². The van der Waals surface area contributed by atoms with E-state index in [4.69, 9.17) is 0 Å². The van der Waals surface area contributed by atoms with Crippen molar-refractivity contribution in [3.05, 3.63) is 90.1 Å². The van der Waals surface area contributed by atoms with Crippen molar-refractivity contribution in [2.45, 2.75) is 25.3 Å². The Morgan fingerprint density at radius 1 is 1.03 bits per heavy atom. The van der Waals surface area contributed by atoms with Gasteiger partial charge in [-0.05, 0) is 44.2 Å². The molecule has 0 aliphatic heterocycles. The Hall–Kier alpha value is -3.08. The maximum Gasteiger partial charge on any atom is 0.339 e. The highest BCUT2D eigenvalue weighted by molar-refractivity contribution is 7.92. The number of hydrogen-bond donors (Lipinski definition) is 2. The van der Waals surface area contributed by atoms with Gasteiger partial charge in [-0.2, -0.15) is 0 Å². The van der Waals surface area contributed by atoms with Crippen LogP contribution in [0.25, 0.3) is 11.3 Å². The Morgan fingerprint density at radius 2 is 1.68 bits per heavy atom. The molecule has 0 radical (unpaired) electrons. The summed E-state index contributed by atoms with van der Waals surface area (Å²) in [6, 6.07) is 18.5. The fourth-order valence-electron chi connectivity index (χ4n) is 3.38. The van der Waals surface area contributed by atoms with Crippen molar-refractivity contribution in [3.8, 4) is 11.3 Å². The zero-order chi connectivity index (χ0) is 23.4. The van der Waals surface area contributed by atoms with Crippen LogP contribution in [0.3, 0.4) is 0 Å². The van der Waals surface area contributed by atoms with E-state index in [0.717, 1.165) is 22.1 Å². The van der Waals surface area contributed by atoms with E-state index in [1.165, 1.54) is 0 Å². The third-order valence-corrected chi connectivity index (χ3v) is 7.05. The maximum atomic E-state index is 12.8. The van der Waals surface area contributed by atoms with Crippen molar-refractivity contribution < 1.29 is 30.0 Å². The molecule has 0 amide bonds. The predicted molar refractivity (Wildman–Crippen MR) is 132 cm³/mol. The van der Waals surface area contributed by atoms with Gasteiger partial charge < -0.3 is 17.0 Å². The molecule has 0 saturated carbocycles. The molecule has 0 atom stereocenters. The average molecular weight is 559 g/mol. The lowest BCUT2D eigenvalue weighted by Crippen LogP contribution is -3.00. The minimum atomic E-state index is -3.80. The molecule has 2 aromatic carbocycles. The van der Waals surface area contributed by atoms with E-state index >= 15 is 0 Å². The van der Waals surface area contributed by atoms with E-state index in [2.05, 4.69) is 48.7 Å². The number of nitrogens with zero attached hydrogens (tertiary/aromatic N) is 3. The first-order valence-corrected chi connectivity index (χ1v) is 12.6. The van der Waals surface area contributed by atoms with Crippen LogP contribution in [-0.4, -0.2) is 18.4 Å². The van der Waals surface area contributed by atoms with Crippen LogP contribution < -0.4 is 31.6 Å². The predicted octanol–water partition coefficient (Wildman–Crippen LogP) is 1.84. The third-order valence-electron chi connectivity index (χ3n) is 4.82. The van der Waals surface area contributed by atoms with Crippen molar-refractivity contribution in [1.82, 2.24) is 9.97 Å². The number of aryl methyl sites for hydroxylation is 2. The number of allylic oxidation sites excluding steroid dienone is 1. The molecular formula is C24H24BrN5O2S2. The molecule has 10 heteroatoms. The van der Waals surface area contributed by atoms with Crippen molar-refractivity contribution >= 4 is 38.1 Å². The Morgan fingerprint density at radius 3 is 2.29 bits per heavy atom. The normalized spacial score (nSPS) is 10.9. The van der Waals surface area contributed by atoms with Gasteiger partial charge in [-0.15, -0.1) is 0 Å². The SMILES string of the molecule is C=CC[n+]1c(-c2ccccc2)csc1Nc1ccc(S(=O)(=O)Nc2nc(C)cc(C)n2)cc1.[Br-]. The van der Waals surface area contributed by atoms with E-state index < -0.39 is 10.0 Å². The number of thiazole rings is 1. The quantitative estimate of drug-likeness (QED) is 0.255. The van der Waals surface area contributed by atoms with Crippen LogP contribution in [0.4, 0.5) is 16.8 Å². The molecule has 0 aliphatic carbocycles. The highest BCUT2D eigenvalue weighted by atomic mass is 79.9. The van der Waals surface area contributed by atoms with E-state index in [1.807, 2.05) is 24.3 Å². The summed E-state index contributed by atoms with van der Waals surface area (Å²) in [5.41, 5.74) is 4.36. The van der Waals surface area contributed by atoms with Gasteiger partial charge in [0.15, 0.2) is 0 Å².